The summed E-state index contributed by atoms with van der Waals surface area (Å²) in [7, 11) is 0. The van der Waals surface area contributed by atoms with Crippen LogP contribution in [0.25, 0.3) is 0 Å². The van der Waals surface area contributed by atoms with Crippen molar-refractivity contribution < 1.29 is 19.4 Å². The van der Waals surface area contributed by atoms with Gasteiger partial charge in [-0.1, -0.05) is 6.42 Å². The number of likely N-dealkylation sites (tertiary alicyclic amines) is 1. The lowest BCUT2D eigenvalue weighted by Gasteiger charge is -2.37. The predicted molar refractivity (Wildman–Crippen MR) is 99.8 cm³/mol. The normalized spacial score (nSPS) is 33.2. The smallest absolute Gasteiger partial charge is 0.311 e. The number of aromatic nitrogens is 1. The molecule has 2 saturated heterocycles. The number of nitrogens with zero attached hydrogens (tertiary/aromatic N) is 3. The lowest BCUT2D eigenvalue weighted by Crippen LogP contribution is -2.45. The van der Waals surface area contributed by atoms with E-state index < -0.39 is 11.4 Å². The van der Waals surface area contributed by atoms with Crippen molar-refractivity contribution in [1.82, 2.24) is 9.88 Å². The number of rotatable bonds is 3. The number of carboxylic acid groups (broad SMARTS) is 1. The number of hydrogen-bond acceptors (Lipinski definition) is 5. The maximum Gasteiger partial charge on any atom is 0.311 e. The molecule has 146 valence electrons. The highest BCUT2D eigenvalue weighted by Crippen LogP contribution is 2.49. The molecule has 0 spiro atoms. The molecule has 4 rings (SSSR count). The van der Waals surface area contributed by atoms with E-state index >= 15 is 0 Å². The zero-order chi connectivity index (χ0) is 19.2. The molecule has 1 N–H and O–H groups in total. The van der Waals surface area contributed by atoms with E-state index in [2.05, 4.69) is 9.88 Å². The number of carboxylic acids is 1. The summed E-state index contributed by atoms with van der Waals surface area (Å²) in [5.74, 6) is -0.873. The van der Waals surface area contributed by atoms with E-state index in [1.54, 1.807) is 11.1 Å². The summed E-state index contributed by atoms with van der Waals surface area (Å²) in [6, 6.07) is 3.74. The van der Waals surface area contributed by atoms with Gasteiger partial charge in [0.05, 0.1) is 17.6 Å². The van der Waals surface area contributed by atoms with Crippen LogP contribution >= 0.6 is 0 Å². The molecule has 7 nitrogen and oxygen atoms in total. The van der Waals surface area contributed by atoms with Crippen LogP contribution in [0.15, 0.2) is 18.3 Å². The van der Waals surface area contributed by atoms with Crippen molar-refractivity contribution in [2.24, 2.45) is 11.3 Å². The van der Waals surface area contributed by atoms with Crippen molar-refractivity contribution in [3.8, 4) is 0 Å². The third-order valence-electron chi connectivity index (χ3n) is 6.33. The molecule has 0 bridgehead atoms. The zero-order valence-corrected chi connectivity index (χ0v) is 15.9. The molecule has 1 amide bonds. The van der Waals surface area contributed by atoms with Crippen LogP contribution in [0.5, 0.6) is 0 Å². The molecule has 1 aliphatic carbocycles. The monoisotopic (exact) mass is 373 g/mol. The van der Waals surface area contributed by atoms with E-state index in [1.807, 2.05) is 26.0 Å². The van der Waals surface area contributed by atoms with Gasteiger partial charge in [-0.05, 0) is 44.7 Å². The molecule has 3 aliphatic rings. The average molecular weight is 373 g/mol. The molecule has 0 radical (unpaired) electrons. The number of carbonyl (C=O) groups is 2. The largest absolute Gasteiger partial charge is 0.481 e. The second kappa shape index (κ2) is 6.78. The molecule has 3 heterocycles. The van der Waals surface area contributed by atoms with Gasteiger partial charge in [-0.25, -0.2) is 0 Å². The summed E-state index contributed by atoms with van der Waals surface area (Å²) in [6.45, 7) is 6.45. The van der Waals surface area contributed by atoms with Gasteiger partial charge in [0.2, 0.25) is 0 Å². The van der Waals surface area contributed by atoms with Gasteiger partial charge in [0.15, 0.2) is 0 Å². The molecular formula is C20H27N3O4. The van der Waals surface area contributed by atoms with Crippen molar-refractivity contribution in [3.63, 3.8) is 0 Å². The minimum atomic E-state index is -0.765. The van der Waals surface area contributed by atoms with Crippen LogP contribution in [0, 0.1) is 11.3 Å². The molecule has 1 saturated carbocycles. The number of amides is 1. The van der Waals surface area contributed by atoms with Gasteiger partial charge in [0.25, 0.3) is 5.91 Å². The molecule has 4 atom stereocenters. The molecule has 27 heavy (non-hydrogen) atoms. The van der Waals surface area contributed by atoms with E-state index in [9.17, 15) is 14.7 Å². The zero-order valence-electron chi connectivity index (χ0n) is 15.9. The highest BCUT2D eigenvalue weighted by molar-refractivity contribution is 5.94. The van der Waals surface area contributed by atoms with Gasteiger partial charge >= 0.3 is 5.97 Å². The van der Waals surface area contributed by atoms with E-state index in [0.717, 1.165) is 31.6 Å². The molecule has 7 heteroatoms. The van der Waals surface area contributed by atoms with Crippen LogP contribution in [-0.4, -0.2) is 65.3 Å². The van der Waals surface area contributed by atoms with Gasteiger partial charge in [0, 0.05) is 38.1 Å². The molecule has 2 aliphatic heterocycles. The maximum absolute atomic E-state index is 13.0. The number of carbonyl (C=O) groups excluding carboxylic acids is 1. The van der Waals surface area contributed by atoms with Crippen LogP contribution in [0.3, 0.4) is 0 Å². The van der Waals surface area contributed by atoms with E-state index in [4.69, 9.17) is 4.74 Å². The number of aliphatic carboxylic acids is 1. The van der Waals surface area contributed by atoms with E-state index in [1.165, 1.54) is 0 Å². The van der Waals surface area contributed by atoms with Crippen LogP contribution < -0.4 is 4.90 Å². The summed E-state index contributed by atoms with van der Waals surface area (Å²) in [4.78, 5) is 33.1. The molecule has 3 fully saturated rings. The number of morpholine rings is 1. The summed E-state index contributed by atoms with van der Waals surface area (Å²) < 4.78 is 5.78. The Balaban J connectivity index is 1.53. The number of pyridine rings is 1. The number of ether oxygens (including phenoxy) is 1. The third kappa shape index (κ3) is 3.18. The highest BCUT2D eigenvalue weighted by Gasteiger charge is 2.55. The summed E-state index contributed by atoms with van der Waals surface area (Å²) in [6.07, 6.45) is 4.40. The predicted octanol–water partition coefficient (Wildman–Crippen LogP) is 2.02. The van der Waals surface area contributed by atoms with Gasteiger partial charge in [-0.3, -0.25) is 14.6 Å². The van der Waals surface area contributed by atoms with Crippen LogP contribution in [0.1, 0.15) is 43.6 Å². The minimum absolute atomic E-state index is 0.0584. The lowest BCUT2D eigenvalue weighted by atomic mass is 9.81. The van der Waals surface area contributed by atoms with E-state index in [-0.39, 0.29) is 24.0 Å². The van der Waals surface area contributed by atoms with Gasteiger partial charge in [0.1, 0.15) is 5.69 Å². The standard InChI is InChI=1S/C20H27N3O4/c1-13-9-22(10-14(2)27-13)16-5-7-21-17(8-16)18(24)23-11-15-4-3-6-20(15,12-23)19(25)26/h5,7-8,13-15H,3-4,6,9-12H2,1-2H3,(H,25,26)/t13?,14?,15-,20+/m0/s1. The average Bonchev–Trinajstić information content (AvgIpc) is 3.19. The molecule has 2 unspecified atom stereocenters. The highest BCUT2D eigenvalue weighted by atomic mass is 16.5. The first kappa shape index (κ1) is 18.2. The van der Waals surface area contributed by atoms with Crippen LogP contribution in [0.4, 0.5) is 5.69 Å². The number of hydrogen-bond donors (Lipinski definition) is 1. The summed E-state index contributed by atoms with van der Waals surface area (Å²) in [5.41, 5.74) is 0.588. The third-order valence-corrected chi connectivity index (χ3v) is 6.33. The van der Waals surface area contributed by atoms with Crippen molar-refractivity contribution in [1.29, 1.82) is 0 Å². The Hall–Kier alpha value is -2.15. The Kier molecular flexibility index (Phi) is 4.58. The Morgan fingerprint density at radius 3 is 2.67 bits per heavy atom. The van der Waals surface area contributed by atoms with E-state index in [0.29, 0.717) is 25.2 Å². The molecule has 1 aromatic heterocycles. The fourth-order valence-corrected chi connectivity index (χ4v) is 5.08. The second-order valence-electron chi connectivity index (χ2n) is 8.30. The topological polar surface area (TPSA) is 83.0 Å². The Labute approximate surface area is 159 Å². The quantitative estimate of drug-likeness (QED) is 0.873. The molecular weight excluding hydrogens is 346 g/mol. The lowest BCUT2D eigenvalue weighted by molar-refractivity contribution is -0.149. The molecule has 1 aromatic rings. The van der Waals surface area contributed by atoms with Crippen LogP contribution in [0.2, 0.25) is 0 Å². The van der Waals surface area contributed by atoms with Crippen molar-refractivity contribution in [2.45, 2.75) is 45.3 Å². The first-order valence-corrected chi connectivity index (χ1v) is 9.78. The maximum atomic E-state index is 13.0. The van der Waals surface area contributed by atoms with Crippen molar-refractivity contribution in [2.75, 3.05) is 31.1 Å². The number of fused-ring (bicyclic) bond motifs is 1. The van der Waals surface area contributed by atoms with Gasteiger partial charge < -0.3 is 19.6 Å². The number of anilines is 1. The second-order valence-corrected chi connectivity index (χ2v) is 8.30. The fraction of sp³-hybridized carbons (Fsp3) is 0.650. The van der Waals surface area contributed by atoms with Crippen molar-refractivity contribution in [3.05, 3.63) is 24.0 Å². The van der Waals surface area contributed by atoms with Gasteiger partial charge in [-0.15, -0.1) is 0 Å². The Morgan fingerprint density at radius 2 is 2.00 bits per heavy atom. The Morgan fingerprint density at radius 1 is 1.26 bits per heavy atom. The first-order chi connectivity index (χ1) is 12.9. The fourth-order valence-electron chi connectivity index (χ4n) is 5.08. The van der Waals surface area contributed by atoms with Gasteiger partial charge in [-0.2, -0.15) is 0 Å². The minimum Gasteiger partial charge on any atom is -0.481 e. The van der Waals surface area contributed by atoms with Crippen molar-refractivity contribution >= 4 is 17.6 Å². The SMILES string of the molecule is CC1CN(c2ccnc(C(=O)N3C[C@@H]4CCC[C@@]4(C(=O)O)C3)c2)CC(C)O1. The summed E-state index contributed by atoms with van der Waals surface area (Å²) >= 11 is 0. The Bertz CT molecular complexity index is 744. The summed E-state index contributed by atoms with van der Waals surface area (Å²) in [5, 5.41) is 9.74. The first-order valence-electron chi connectivity index (χ1n) is 9.78. The molecule has 0 aromatic carbocycles. The van der Waals surface area contributed by atoms with Crippen LogP contribution in [-0.2, 0) is 9.53 Å².